The van der Waals surface area contributed by atoms with Gasteiger partial charge in [-0.1, -0.05) is 12.8 Å². The van der Waals surface area contributed by atoms with Crippen molar-refractivity contribution in [2.45, 2.75) is 43.0 Å². The topological polar surface area (TPSA) is 66.4 Å². The second-order valence-corrected chi connectivity index (χ2v) is 7.51. The second kappa shape index (κ2) is 7.33. The van der Waals surface area contributed by atoms with Crippen molar-refractivity contribution in [2.24, 2.45) is 0 Å². The molecule has 1 aromatic rings. The number of aliphatic hydroxyl groups is 1. The summed E-state index contributed by atoms with van der Waals surface area (Å²) in [6.07, 6.45) is 4.27. The number of fused-ring (bicyclic) bond motifs is 1. The number of hydrogen-bond donors (Lipinski definition) is 2. The maximum absolute atomic E-state index is 13.4. The summed E-state index contributed by atoms with van der Waals surface area (Å²) in [6, 6.07) is 3.80. The van der Waals surface area contributed by atoms with Crippen LogP contribution in [0.4, 0.5) is 4.39 Å². The molecule has 0 amide bonds. The van der Waals surface area contributed by atoms with Gasteiger partial charge in [0.25, 0.3) is 0 Å². The van der Waals surface area contributed by atoms with Gasteiger partial charge in [-0.05, 0) is 49.6 Å². The lowest BCUT2D eigenvalue weighted by Crippen LogP contribution is -2.30. The first kappa shape index (κ1) is 16.4. The molecule has 1 aliphatic heterocycles. The third-order valence-corrected chi connectivity index (χ3v) is 5.65. The number of hydrogen-bond acceptors (Lipinski definition) is 4. The van der Waals surface area contributed by atoms with Gasteiger partial charge in [0.05, 0.1) is 10.6 Å². The van der Waals surface area contributed by atoms with Crippen LogP contribution < -0.4 is 5.32 Å². The molecule has 2 rings (SSSR count). The maximum atomic E-state index is 13.4. The van der Waals surface area contributed by atoms with Gasteiger partial charge in [0.1, 0.15) is 5.82 Å². The molecule has 0 saturated carbocycles. The second-order valence-electron chi connectivity index (χ2n) is 5.43. The zero-order valence-corrected chi connectivity index (χ0v) is 12.8. The summed E-state index contributed by atoms with van der Waals surface area (Å²) < 4.78 is 37.4. The van der Waals surface area contributed by atoms with E-state index < -0.39 is 15.7 Å². The summed E-state index contributed by atoms with van der Waals surface area (Å²) >= 11 is 0. The Balaban J connectivity index is 1.98. The molecule has 0 bridgehead atoms. The van der Waals surface area contributed by atoms with Crippen molar-refractivity contribution in [1.82, 2.24) is 5.32 Å². The summed E-state index contributed by atoms with van der Waals surface area (Å²) in [6.45, 7) is 0.993. The van der Waals surface area contributed by atoms with E-state index in [1.807, 2.05) is 0 Å². The number of unbranched alkanes of at least 4 members (excludes halogenated alkanes) is 3. The van der Waals surface area contributed by atoms with Gasteiger partial charge in [-0.15, -0.1) is 0 Å². The van der Waals surface area contributed by atoms with E-state index in [1.54, 1.807) is 0 Å². The van der Waals surface area contributed by atoms with Crippen molar-refractivity contribution in [3.8, 4) is 0 Å². The minimum Gasteiger partial charge on any atom is -0.396 e. The van der Waals surface area contributed by atoms with Gasteiger partial charge in [0.2, 0.25) is 0 Å². The van der Waals surface area contributed by atoms with Crippen molar-refractivity contribution in [2.75, 3.05) is 18.9 Å². The highest BCUT2D eigenvalue weighted by atomic mass is 32.2. The average molecular weight is 315 g/mol. The molecule has 1 aliphatic rings. The van der Waals surface area contributed by atoms with Crippen LogP contribution in [0.2, 0.25) is 0 Å². The molecule has 0 aromatic heterocycles. The van der Waals surface area contributed by atoms with Gasteiger partial charge in [0.15, 0.2) is 9.84 Å². The molecule has 4 nitrogen and oxygen atoms in total. The van der Waals surface area contributed by atoms with Crippen molar-refractivity contribution < 1.29 is 17.9 Å². The van der Waals surface area contributed by atoms with E-state index in [0.29, 0.717) is 12.0 Å². The lowest BCUT2D eigenvalue weighted by atomic mass is 10.0. The van der Waals surface area contributed by atoms with E-state index in [1.165, 1.54) is 18.2 Å². The van der Waals surface area contributed by atoms with E-state index >= 15 is 0 Å². The Hall–Kier alpha value is -0.980. The smallest absolute Gasteiger partial charge is 0.178 e. The molecule has 0 aliphatic carbocycles. The van der Waals surface area contributed by atoms with Crippen molar-refractivity contribution >= 4 is 9.84 Å². The molecule has 0 fully saturated rings. The summed E-state index contributed by atoms with van der Waals surface area (Å²) in [4.78, 5) is 0.257. The highest BCUT2D eigenvalue weighted by Crippen LogP contribution is 2.32. The maximum Gasteiger partial charge on any atom is 0.178 e. The first-order chi connectivity index (χ1) is 10.0. The van der Waals surface area contributed by atoms with Gasteiger partial charge in [-0.25, -0.2) is 12.8 Å². The van der Waals surface area contributed by atoms with E-state index in [9.17, 15) is 12.8 Å². The van der Waals surface area contributed by atoms with Gasteiger partial charge in [0, 0.05) is 12.6 Å². The van der Waals surface area contributed by atoms with Crippen LogP contribution in [0.5, 0.6) is 0 Å². The molecule has 0 spiro atoms. The Morgan fingerprint density at radius 3 is 2.76 bits per heavy atom. The van der Waals surface area contributed by atoms with E-state index in [0.717, 1.165) is 32.2 Å². The molecule has 0 saturated heterocycles. The first-order valence-corrected chi connectivity index (χ1v) is 9.06. The molecule has 118 valence electrons. The van der Waals surface area contributed by atoms with Crippen LogP contribution in [0.25, 0.3) is 0 Å². The first-order valence-electron chi connectivity index (χ1n) is 7.41. The molecule has 1 atom stereocenters. The molecule has 21 heavy (non-hydrogen) atoms. The predicted molar refractivity (Wildman–Crippen MR) is 79.4 cm³/mol. The fourth-order valence-electron chi connectivity index (χ4n) is 2.69. The lowest BCUT2D eigenvalue weighted by Gasteiger charge is -2.26. The third-order valence-electron chi connectivity index (χ3n) is 3.83. The van der Waals surface area contributed by atoms with E-state index in [4.69, 9.17) is 5.11 Å². The Bertz CT molecular complexity index is 574. The Morgan fingerprint density at radius 2 is 2.00 bits per heavy atom. The number of nitrogens with one attached hydrogen (secondary N) is 1. The molecular weight excluding hydrogens is 293 g/mol. The van der Waals surface area contributed by atoms with Crippen molar-refractivity contribution in [1.29, 1.82) is 0 Å². The third kappa shape index (κ3) is 4.25. The van der Waals surface area contributed by atoms with Crippen LogP contribution in [0.1, 0.15) is 43.7 Å². The summed E-state index contributed by atoms with van der Waals surface area (Å²) in [5.74, 6) is -0.297. The molecule has 6 heteroatoms. The highest BCUT2D eigenvalue weighted by molar-refractivity contribution is 7.91. The minimum atomic E-state index is -3.27. The van der Waals surface area contributed by atoms with E-state index in [-0.39, 0.29) is 23.3 Å². The summed E-state index contributed by atoms with van der Waals surface area (Å²) in [5.41, 5.74) is 0.552. The summed E-state index contributed by atoms with van der Waals surface area (Å²) in [7, 11) is -3.27. The highest BCUT2D eigenvalue weighted by Gasteiger charge is 2.30. The van der Waals surface area contributed by atoms with Crippen LogP contribution >= 0.6 is 0 Å². The Morgan fingerprint density at radius 1 is 1.24 bits per heavy atom. The molecule has 1 aromatic carbocycles. The zero-order chi connectivity index (χ0) is 15.3. The van der Waals surface area contributed by atoms with Crippen LogP contribution in [0.3, 0.4) is 0 Å². The van der Waals surface area contributed by atoms with Crippen LogP contribution in [0.15, 0.2) is 23.1 Å². The quantitative estimate of drug-likeness (QED) is 0.598. The SMILES string of the molecule is O=S1(=O)CCC(NCCCCCCO)c2cc(F)ccc21. The number of benzene rings is 1. The minimum absolute atomic E-state index is 0.0999. The molecule has 2 N–H and O–H groups in total. The van der Waals surface area contributed by atoms with Crippen molar-refractivity contribution in [3.63, 3.8) is 0 Å². The monoisotopic (exact) mass is 315 g/mol. The normalized spacial score (nSPS) is 20.2. The fraction of sp³-hybridized carbons (Fsp3) is 0.600. The lowest BCUT2D eigenvalue weighted by molar-refractivity contribution is 0.282. The van der Waals surface area contributed by atoms with Crippen LogP contribution in [-0.2, 0) is 9.84 Å². The number of rotatable bonds is 7. The molecular formula is C15H22FNO3S. The molecule has 1 unspecified atom stereocenters. The number of sulfone groups is 1. The van der Waals surface area contributed by atoms with Crippen molar-refractivity contribution in [3.05, 3.63) is 29.6 Å². The standard InChI is InChI=1S/C15H22FNO3S/c16-12-5-6-15-13(11-12)14(7-10-21(15,19)20)17-8-3-1-2-4-9-18/h5-6,11,14,17-18H,1-4,7-10H2. The molecule has 1 heterocycles. The van der Waals surface area contributed by atoms with Crippen LogP contribution in [-0.4, -0.2) is 32.4 Å². The average Bonchev–Trinajstić information content (AvgIpc) is 2.44. The Labute approximate surface area is 125 Å². The van der Waals surface area contributed by atoms with Gasteiger partial charge in [-0.2, -0.15) is 0 Å². The van der Waals surface area contributed by atoms with Crippen LogP contribution in [0, 0.1) is 5.82 Å². The van der Waals surface area contributed by atoms with Gasteiger partial charge in [-0.3, -0.25) is 0 Å². The predicted octanol–water partition coefficient (Wildman–Crippen LogP) is 2.19. The fourth-order valence-corrected chi connectivity index (χ4v) is 4.29. The number of halogens is 1. The molecule has 0 radical (unpaired) electrons. The number of aliphatic hydroxyl groups excluding tert-OH is 1. The van der Waals surface area contributed by atoms with E-state index in [2.05, 4.69) is 5.32 Å². The zero-order valence-electron chi connectivity index (χ0n) is 12.0. The largest absolute Gasteiger partial charge is 0.396 e. The Kier molecular flexibility index (Phi) is 5.72. The van der Waals surface area contributed by atoms with Gasteiger partial charge >= 0.3 is 0 Å². The van der Waals surface area contributed by atoms with Gasteiger partial charge < -0.3 is 10.4 Å². The summed E-state index contributed by atoms with van der Waals surface area (Å²) in [5, 5.41) is 12.0.